The summed E-state index contributed by atoms with van der Waals surface area (Å²) in [6.07, 6.45) is -0.383. The summed E-state index contributed by atoms with van der Waals surface area (Å²) in [7, 11) is 0. The number of esters is 5. The molecule has 4 rings (SSSR count). The van der Waals surface area contributed by atoms with Crippen molar-refractivity contribution in [3.63, 3.8) is 0 Å². The molecule has 0 saturated carbocycles. The van der Waals surface area contributed by atoms with E-state index in [2.05, 4.69) is 6.58 Å². The fraction of sp³-hybridized carbons (Fsp3) is 0.375. The van der Waals surface area contributed by atoms with Crippen LogP contribution < -0.4 is 0 Å². The summed E-state index contributed by atoms with van der Waals surface area (Å²) in [5.41, 5.74) is 2.74. The van der Waals surface area contributed by atoms with E-state index in [1.807, 2.05) is 20.8 Å². The third-order valence-corrected chi connectivity index (χ3v) is 8.38. The van der Waals surface area contributed by atoms with Gasteiger partial charge in [-0.2, -0.15) is 0 Å². The van der Waals surface area contributed by atoms with Crippen molar-refractivity contribution < 1.29 is 52.4 Å². The summed E-state index contributed by atoms with van der Waals surface area (Å²) in [5, 5.41) is 0. The number of allylic oxidation sites excluding steroid dienone is 2. The van der Waals surface area contributed by atoms with Gasteiger partial charge in [0.2, 0.25) is 0 Å². The largest absolute Gasteiger partial charge is 0.462 e. The van der Waals surface area contributed by atoms with Crippen molar-refractivity contribution in [2.45, 2.75) is 85.1 Å². The molecular weight excluding hydrogens is 656 g/mol. The zero-order chi connectivity index (χ0) is 37.2. The maximum absolute atomic E-state index is 13.7. The number of ether oxygens (including phenoxy) is 6. The Bertz CT molecular complexity index is 1700. The summed E-state index contributed by atoms with van der Waals surface area (Å²) in [5.74, 6) is -4.82. The van der Waals surface area contributed by atoms with Crippen molar-refractivity contribution in [3.8, 4) is 0 Å². The zero-order valence-corrected chi connectivity index (χ0v) is 29.7. The molecule has 0 spiro atoms. The van der Waals surface area contributed by atoms with Gasteiger partial charge in [-0.05, 0) is 75.6 Å². The number of benzene rings is 2. The molecule has 2 aromatic carbocycles. The van der Waals surface area contributed by atoms with Crippen LogP contribution in [-0.4, -0.2) is 60.6 Å². The van der Waals surface area contributed by atoms with Crippen molar-refractivity contribution in [2.75, 3.05) is 0 Å². The highest BCUT2D eigenvalue weighted by molar-refractivity contribution is 5.90. The molecule has 0 unspecified atom stereocenters. The minimum atomic E-state index is -1.30. The first-order valence-corrected chi connectivity index (χ1v) is 16.6. The van der Waals surface area contributed by atoms with Gasteiger partial charge in [0.25, 0.3) is 6.29 Å². The normalized spacial score (nSPS) is 23.6. The molecule has 1 heterocycles. The fourth-order valence-corrected chi connectivity index (χ4v) is 6.24. The molecule has 0 saturated heterocycles. The molecule has 0 fully saturated rings. The molecule has 2 aliphatic rings. The van der Waals surface area contributed by atoms with E-state index in [1.165, 1.54) is 27.0 Å². The Kier molecular flexibility index (Phi) is 13.1. The lowest BCUT2D eigenvalue weighted by Crippen LogP contribution is -2.47. The van der Waals surface area contributed by atoms with Crippen LogP contribution in [0.25, 0.3) is 0 Å². The van der Waals surface area contributed by atoms with Crippen LogP contribution in [0.5, 0.6) is 0 Å². The summed E-state index contributed by atoms with van der Waals surface area (Å²) >= 11 is 0. The summed E-state index contributed by atoms with van der Waals surface area (Å²) < 4.78 is 35.5. The molecule has 2 aromatic rings. The van der Waals surface area contributed by atoms with Gasteiger partial charge in [0.15, 0.2) is 24.4 Å². The molecule has 11 heteroatoms. The molecule has 7 atom stereocenters. The van der Waals surface area contributed by atoms with Crippen LogP contribution in [0.3, 0.4) is 0 Å². The molecule has 0 N–H and O–H groups in total. The van der Waals surface area contributed by atoms with E-state index < -0.39 is 72.4 Å². The van der Waals surface area contributed by atoms with Gasteiger partial charge < -0.3 is 28.4 Å². The second kappa shape index (κ2) is 17.5. The zero-order valence-electron chi connectivity index (χ0n) is 29.7. The lowest BCUT2D eigenvalue weighted by Gasteiger charge is -2.42. The van der Waals surface area contributed by atoms with E-state index >= 15 is 0 Å². The van der Waals surface area contributed by atoms with Crippen molar-refractivity contribution in [2.24, 2.45) is 11.8 Å². The maximum atomic E-state index is 13.7. The highest BCUT2D eigenvalue weighted by Gasteiger charge is 2.49. The van der Waals surface area contributed by atoms with Crippen LogP contribution >= 0.6 is 0 Å². The number of carbonyl (C=O) groups is 5. The van der Waals surface area contributed by atoms with Gasteiger partial charge in [-0.3, -0.25) is 14.4 Å². The maximum Gasteiger partial charge on any atom is 0.338 e. The molecule has 0 bridgehead atoms. The lowest BCUT2D eigenvalue weighted by atomic mass is 9.73. The highest BCUT2D eigenvalue weighted by atomic mass is 16.7. The molecule has 1 aliphatic heterocycles. The van der Waals surface area contributed by atoms with Gasteiger partial charge in [0.05, 0.1) is 23.3 Å². The van der Waals surface area contributed by atoms with Gasteiger partial charge in [-0.25, -0.2) is 9.59 Å². The molecule has 270 valence electrons. The Labute approximate surface area is 297 Å². The second-order valence-corrected chi connectivity index (χ2v) is 12.8. The third-order valence-electron chi connectivity index (χ3n) is 8.38. The number of hydrogen-bond donors (Lipinski definition) is 0. The van der Waals surface area contributed by atoms with Crippen LogP contribution in [0.15, 0.2) is 108 Å². The monoisotopic (exact) mass is 700 g/mol. The third kappa shape index (κ3) is 10.3. The predicted molar refractivity (Wildman–Crippen MR) is 186 cm³/mol. The number of carbonyl (C=O) groups excluding carboxylic acids is 5. The van der Waals surface area contributed by atoms with E-state index in [4.69, 9.17) is 28.4 Å². The Morgan fingerprint density at radius 3 is 1.88 bits per heavy atom. The van der Waals surface area contributed by atoms with E-state index in [0.717, 1.165) is 11.1 Å². The quantitative estimate of drug-likeness (QED) is 0.150. The summed E-state index contributed by atoms with van der Waals surface area (Å²) in [6, 6.07) is 16.7. The first-order chi connectivity index (χ1) is 24.2. The molecule has 0 aromatic heterocycles. The van der Waals surface area contributed by atoms with Crippen LogP contribution in [0, 0.1) is 11.8 Å². The van der Waals surface area contributed by atoms with Gasteiger partial charge in [0, 0.05) is 32.3 Å². The first-order valence-electron chi connectivity index (χ1n) is 16.6. The van der Waals surface area contributed by atoms with Gasteiger partial charge >= 0.3 is 29.8 Å². The van der Waals surface area contributed by atoms with E-state index in [9.17, 15) is 24.0 Å². The van der Waals surface area contributed by atoms with Crippen molar-refractivity contribution in [1.29, 1.82) is 0 Å². The average Bonchev–Trinajstić information content (AvgIpc) is 3.12. The van der Waals surface area contributed by atoms with E-state index in [1.54, 1.807) is 72.8 Å². The van der Waals surface area contributed by atoms with Crippen LogP contribution in [-0.2, 0) is 42.8 Å². The molecule has 0 radical (unpaired) electrons. The Hall–Kier alpha value is -5.45. The Balaban J connectivity index is 1.88. The van der Waals surface area contributed by atoms with Crippen LogP contribution in [0.2, 0.25) is 0 Å². The lowest BCUT2D eigenvalue weighted by molar-refractivity contribution is -0.184. The van der Waals surface area contributed by atoms with Gasteiger partial charge in [0.1, 0.15) is 0 Å². The highest BCUT2D eigenvalue weighted by Crippen LogP contribution is 2.45. The number of rotatable bonds is 10. The average molecular weight is 701 g/mol. The minimum absolute atomic E-state index is 0.214. The van der Waals surface area contributed by atoms with Crippen LogP contribution in [0.4, 0.5) is 0 Å². The van der Waals surface area contributed by atoms with E-state index in [-0.39, 0.29) is 16.7 Å². The molecule has 51 heavy (non-hydrogen) atoms. The minimum Gasteiger partial charge on any atom is -0.462 e. The standard InChI is InChI=1S/C40H44O11/c1-23(2)20-33(47-26(5)41)37(48-27(6)42)32-22-46-40(49-28(7)43)35-25(4)36(51-39(45)30-16-12-9-13-17-30)34(21-24(3)18-19-31(32)35)50-38(44)29-14-10-8-11-15-29/h8-17,20-22,31,33-37,40H,4,18-19H2,1-3,5-7H3/b24-21+/t31-,33-,34-,35+,36+,37+,40+/m1/s1. The first kappa shape index (κ1) is 38.4. The van der Waals surface area contributed by atoms with Crippen LogP contribution in [0.1, 0.15) is 75.1 Å². The Morgan fingerprint density at radius 2 is 1.35 bits per heavy atom. The summed E-state index contributed by atoms with van der Waals surface area (Å²) in [6.45, 7) is 13.6. The fourth-order valence-electron chi connectivity index (χ4n) is 6.24. The predicted octanol–water partition coefficient (Wildman–Crippen LogP) is 6.60. The molecule has 0 amide bonds. The molecular formula is C40H44O11. The number of hydrogen-bond acceptors (Lipinski definition) is 11. The van der Waals surface area contributed by atoms with Crippen molar-refractivity contribution >= 4 is 29.8 Å². The molecule has 11 nitrogen and oxygen atoms in total. The summed E-state index contributed by atoms with van der Waals surface area (Å²) in [4.78, 5) is 64.4. The molecule has 1 aliphatic carbocycles. The van der Waals surface area contributed by atoms with Gasteiger partial charge in [-0.1, -0.05) is 54.1 Å². The topological polar surface area (TPSA) is 141 Å². The second-order valence-electron chi connectivity index (χ2n) is 12.8. The number of fused-ring (bicyclic) bond motifs is 1. The SMILES string of the molecule is C=C1[C@@H]2[C@H](OC(C)=O)OC=C([C@H](OC(C)=O)[C@@H](C=C(C)C)OC(C)=O)[C@H]2CC/C(C)=C/[C@@H](OC(=O)c2ccccc2)[C@H]1OC(=O)c1ccccc1. The Morgan fingerprint density at radius 1 is 0.784 bits per heavy atom. The van der Waals surface area contributed by atoms with E-state index in [0.29, 0.717) is 18.4 Å². The van der Waals surface area contributed by atoms with Gasteiger partial charge in [-0.15, -0.1) is 0 Å². The smallest absolute Gasteiger partial charge is 0.338 e. The van der Waals surface area contributed by atoms with Crippen molar-refractivity contribution in [1.82, 2.24) is 0 Å². The van der Waals surface area contributed by atoms with Crippen molar-refractivity contribution in [3.05, 3.63) is 119 Å².